The van der Waals surface area contributed by atoms with Crippen molar-refractivity contribution < 1.29 is 13.2 Å². The Bertz CT molecular complexity index is 916. The summed E-state index contributed by atoms with van der Waals surface area (Å²) < 4.78 is 27.7. The first-order chi connectivity index (χ1) is 11.4. The van der Waals surface area contributed by atoms with Gasteiger partial charge in [0.05, 0.1) is 10.6 Å². The predicted molar refractivity (Wildman–Crippen MR) is 94.5 cm³/mol. The molecular weight excluding hydrogens is 344 g/mol. The van der Waals surface area contributed by atoms with Crippen LogP contribution in [0.25, 0.3) is 0 Å². The normalized spacial score (nSPS) is 10.9. The molecule has 0 amide bonds. The average Bonchev–Trinajstić information content (AvgIpc) is 2.56. The number of benzene rings is 2. The van der Waals surface area contributed by atoms with Crippen LogP contribution >= 0.6 is 11.8 Å². The Morgan fingerprint density at radius 3 is 2.62 bits per heavy atom. The number of hydrogen-bond donors (Lipinski definition) is 1. The quantitative estimate of drug-likeness (QED) is 0.481. The molecule has 0 radical (unpaired) electrons. The van der Waals surface area contributed by atoms with Crippen LogP contribution in [0, 0.1) is 10.7 Å². The minimum atomic E-state index is -3.80. The van der Waals surface area contributed by atoms with Crippen molar-refractivity contribution >= 4 is 33.3 Å². The second-order valence-corrected chi connectivity index (χ2v) is 7.60. The lowest BCUT2D eigenvalue weighted by Crippen LogP contribution is -2.14. The number of carbonyl (C=O) groups is 1. The van der Waals surface area contributed by atoms with Gasteiger partial charge in [-0.15, -0.1) is 0 Å². The van der Waals surface area contributed by atoms with Crippen LogP contribution in [0.2, 0.25) is 0 Å². The molecule has 0 fully saturated rings. The number of thioether (sulfide) groups is 1. The Morgan fingerprint density at radius 2 is 2.00 bits per heavy atom. The molecule has 124 valence electrons. The molecule has 0 atom stereocenters. The summed E-state index contributed by atoms with van der Waals surface area (Å²) in [5.74, 6) is -0.195. The van der Waals surface area contributed by atoms with E-state index >= 15 is 0 Å². The van der Waals surface area contributed by atoms with Gasteiger partial charge in [0.15, 0.2) is 5.78 Å². The van der Waals surface area contributed by atoms with Gasteiger partial charge in [0.25, 0.3) is 10.0 Å². The Balaban J connectivity index is 2.37. The van der Waals surface area contributed by atoms with Crippen molar-refractivity contribution in [3.05, 3.63) is 53.6 Å². The maximum Gasteiger partial charge on any atom is 0.261 e. The van der Waals surface area contributed by atoms with E-state index < -0.39 is 10.0 Å². The van der Waals surface area contributed by atoms with Gasteiger partial charge in [-0.3, -0.25) is 9.52 Å². The SMILES string of the molecule is CCc1cc(SC#N)ccc1NS(=O)(=O)c1cccc(C(C)=O)c1. The van der Waals surface area contributed by atoms with Gasteiger partial charge in [-0.1, -0.05) is 19.1 Å². The summed E-state index contributed by atoms with van der Waals surface area (Å²) in [4.78, 5) is 12.2. The van der Waals surface area contributed by atoms with Gasteiger partial charge in [0.2, 0.25) is 0 Å². The van der Waals surface area contributed by atoms with Crippen molar-refractivity contribution in [3.63, 3.8) is 0 Å². The van der Waals surface area contributed by atoms with Crippen LogP contribution in [0.4, 0.5) is 5.69 Å². The number of rotatable bonds is 6. The fraction of sp³-hybridized carbons (Fsp3) is 0.176. The summed E-state index contributed by atoms with van der Waals surface area (Å²) >= 11 is 1.02. The molecule has 0 saturated heterocycles. The number of carbonyl (C=O) groups excluding carboxylic acids is 1. The van der Waals surface area contributed by atoms with E-state index in [9.17, 15) is 13.2 Å². The number of Topliss-reactive ketones (excluding diaryl/α,β-unsaturated/α-hetero) is 1. The highest BCUT2D eigenvalue weighted by Crippen LogP contribution is 2.26. The monoisotopic (exact) mass is 360 g/mol. The van der Waals surface area contributed by atoms with E-state index in [2.05, 4.69) is 4.72 Å². The third-order valence-corrected chi connectivity index (χ3v) is 5.36. The molecule has 0 aliphatic rings. The van der Waals surface area contributed by atoms with Crippen LogP contribution in [0.3, 0.4) is 0 Å². The van der Waals surface area contributed by atoms with Crippen LogP contribution in [0.5, 0.6) is 0 Å². The van der Waals surface area contributed by atoms with Crippen molar-refractivity contribution in [2.24, 2.45) is 0 Å². The first kappa shape index (κ1) is 18.0. The number of hydrogen-bond acceptors (Lipinski definition) is 5. The molecule has 0 aliphatic carbocycles. The standard InChI is InChI=1S/C17H16N2O3S2/c1-3-13-9-15(23-11-18)7-8-17(13)19-24(21,22)16-6-4-5-14(10-16)12(2)20/h4-10,19H,3H2,1-2H3. The van der Waals surface area contributed by atoms with E-state index in [-0.39, 0.29) is 10.7 Å². The molecule has 7 heteroatoms. The number of aryl methyl sites for hydroxylation is 1. The van der Waals surface area contributed by atoms with Gasteiger partial charge in [0, 0.05) is 10.5 Å². The lowest BCUT2D eigenvalue weighted by atomic mass is 10.1. The smallest absolute Gasteiger partial charge is 0.261 e. The summed E-state index contributed by atoms with van der Waals surface area (Å²) in [7, 11) is -3.80. The zero-order valence-electron chi connectivity index (χ0n) is 13.2. The van der Waals surface area contributed by atoms with Crippen molar-refractivity contribution in [2.75, 3.05) is 4.72 Å². The van der Waals surface area contributed by atoms with Crippen LogP contribution < -0.4 is 4.72 Å². The van der Waals surface area contributed by atoms with Crippen LogP contribution in [-0.4, -0.2) is 14.2 Å². The topological polar surface area (TPSA) is 87.0 Å². The third-order valence-electron chi connectivity index (χ3n) is 3.42. The van der Waals surface area contributed by atoms with Crippen molar-refractivity contribution in [3.8, 4) is 5.40 Å². The Kier molecular flexibility index (Phi) is 5.65. The van der Waals surface area contributed by atoms with E-state index in [1.807, 2.05) is 12.3 Å². The first-order valence-electron chi connectivity index (χ1n) is 7.20. The minimum Gasteiger partial charge on any atom is -0.295 e. The minimum absolute atomic E-state index is 0.0349. The molecular formula is C17H16N2O3S2. The molecule has 0 heterocycles. The lowest BCUT2D eigenvalue weighted by Gasteiger charge is -2.13. The molecule has 5 nitrogen and oxygen atoms in total. The van der Waals surface area contributed by atoms with Crippen molar-refractivity contribution in [1.29, 1.82) is 5.26 Å². The van der Waals surface area contributed by atoms with Crippen LogP contribution in [0.1, 0.15) is 29.8 Å². The molecule has 0 spiro atoms. The molecule has 1 N–H and O–H groups in total. The maximum atomic E-state index is 12.6. The number of sulfonamides is 1. The molecule has 2 rings (SSSR count). The molecule has 0 aromatic heterocycles. The average molecular weight is 360 g/mol. The lowest BCUT2D eigenvalue weighted by molar-refractivity contribution is 0.101. The summed E-state index contributed by atoms with van der Waals surface area (Å²) in [6.07, 6.45) is 0.616. The van der Waals surface area contributed by atoms with Crippen LogP contribution in [-0.2, 0) is 16.4 Å². The number of nitrogens with zero attached hydrogens (tertiary/aromatic N) is 1. The molecule has 0 unspecified atom stereocenters. The predicted octanol–water partition coefficient (Wildman–Crippen LogP) is 3.83. The molecule has 24 heavy (non-hydrogen) atoms. The third kappa shape index (κ3) is 4.16. The summed E-state index contributed by atoms with van der Waals surface area (Å²) in [5.41, 5.74) is 1.60. The van der Waals surface area contributed by atoms with E-state index in [0.717, 1.165) is 22.2 Å². The van der Waals surface area contributed by atoms with Gasteiger partial charge in [0.1, 0.15) is 5.40 Å². The van der Waals surface area contributed by atoms with Crippen LogP contribution in [0.15, 0.2) is 52.3 Å². The Labute approximate surface area is 145 Å². The summed E-state index contributed by atoms with van der Waals surface area (Å²) in [6, 6.07) is 11.0. The zero-order chi connectivity index (χ0) is 17.7. The number of nitrogens with one attached hydrogen (secondary N) is 1. The van der Waals surface area contributed by atoms with Crippen molar-refractivity contribution in [2.45, 2.75) is 30.1 Å². The molecule has 0 aliphatic heterocycles. The second-order valence-electron chi connectivity index (χ2n) is 5.06. The van der Waals surface area contributed by atoms with E-state index in [1.54, 1.807) is 30.3 Å². The summed E-state index contributed by atoms with van der Waals surface area (Å²) in [6.45, 7) is 3.30. The Hall–Kier alpha value is -2.30. The zero-order valence-corrected chi connectivity index (χ0v) is 14.9. The van der Waals surface area contributed by atoms with Gasteiger partial charge >= 0.3 is 0 Å². The van der Waals surface area contributed by atoms with Gasteiger partial charge < -0.3 is 0 Å². The molecule has 0 bridgehead atoms. The highest BCUT2D eigenvalue weighted by molar-refractivity contribution is 8.03. The second kappa shape index (κ2) is 7.51. The highest BCUT2D eigenvalue weighted by atomic mass is 32.2. The van der Waals surface area contributed by atoms with Gasteiger partial charge in [-0.05, 0) is 61.0 Å². The fourth-order valence-electron chi connectivity index (χ4n) is 2.16. The van der Waals surface area contributed by atoms with Gasteiger partial charge in [-0.2, -0.15) is 5.26 Å². The van der Waals surface area contributed by atoms with E-state index in [0.29, 0.717) is 17.7 Å². The number of thiocyanates is 1. The first-order valence-corrected chi connectivity index (χ1v) is 9.50. The van der Waals surface area contributed by atoms with Crippen molar-refractivity contribution in [1.82, 2.24) is 0 Å². The highest BCUT2D eigenvalue weighted by Gasteiger charge is 2.17. The summed E-state index contributed by atoms with van der Waals surface area (Å²) in [5, 5.41) is 10.7. The largest absolute Gasteiger partial charge is 0.295 e. The maximum absolute atomic E-state index is 12.6. The number of ketones is 1. The number of nitriles is 1. The number of anilines is 1. The molecule has 2 aromatic rings. The van der Waals surface area contributed by atoms with E-state index in [1.165, 1.54) is 19.1 Å². The van der Waals surface area contributed by atoms with Gasteiger partial charge in [-0.25, -0.2) is 8.42 Å². The van der Waals surface area contributed by atoms with E-state index in [4.69, 9.17) is 5.26 Å². The molecule has 2 aromatic carbocycles. The molecule has 0 saturated carbocycles. The Morgan fingerprint density at radius 1 is 1.25 bits per heavy atom. The fourth-order valence-corrected chi connectivity index (χ4v) is 3.75.